The third kappa shape index (κ3) is 4.18. The highest BCUT2D eigenvalue weighted by Crippen LogP contribution is 2.29. The van der Waals surface area contributed by atoms with Crippen molar-refractivity contribution in [3.63, 3.8) is 0 Å². The summed E-state index contributed by atoms with van der Waals surface area (Å²) in [5, 5.41) is 11.8. The molecule has 1 aromatic carbocycles. The summed E-state index contributed by atoms with van der Waals surface area (Å²) in [6.45, 7) is 3.65. The molecule has 0 unspecified atom stereocenters. The molecule has 9 heteroatoms. The highest BCUT2D eigenvalue weighted by Gasteiger charge is 2.40. The molecule has 2 heterocycles. The molecule has 172 valence electrons. The maximum absolute atomic E-state index is 13.2. The lowest BCUT2D eigenvalue weighted by molar-refractivity contribution is -0.132. The van der Waals surface area contributed by atoms with Crippen LogP contribution in [0.2, 0.25) is 5.02 Å². The molecular weight excluding hydrogens is 446 g/mol. The number of hydrogen-bond donors (Lipinski definition) is 2. The lowest BCUT2D eigenvalue weighted by Gasteiger charge is -2.35. The van der Waals surface area contributed by atoms with E-state index in [0.717, 1.165) is 37.8 Å². The largest absolute Gasteiger partial charge is 0.478 e. The van der Waals surface area contributed by atoms with Crippen LogP contribution in [0.3, 0.4) is 0 Å². The van der Waals surface area contributed by atoms with Crippen LogP contribution < -0.4 is 5.32 Å². The van der Waals surface area contributed by atoms with Gasteiger partial charge in [0, 0.05) is 23.1 Å². The first kappa shape index (κ1) is 22.8. The van der Waals surface area contributed by atoms with Crippen molar-refractivity contribution >= 4 is 41.5 Å². The van der Waals surface area contributed by atoms with Crippen LogP contribution in [-0.4, -0.2) is 44.4 Å². The number of benzene rings is 1. The molecule has 1 saturated heterocycles. The number of amides is 4. The van der Waals surface area contributed by atoms with Gasteiger partial charge in [-0.05, 0) is 62.6 Å². The standard InChI is InChI=1S/C24H24ClN3O5/c1-13-10-15(14(2)27(13)17-8-9-20(25)18(12-17)23(31)32)11-19-21(29)26-24(33)28(22(19)30)16-6-4-3-5-7-16/h8-12,16H,3-7H2,1-2H3,(H,31,32)(H,26,29,33). The Morgan fingerprint density at radius 2 is 1.82 bits per heavy atom. The lowest BCUT2D eigenvalue weighted by Crippen LogP contribution is -2.58. The number of halogens is 1. The van der Waals surface area contributed by atoms with Crippen LogP contribution in [0.25, 0.3) is 11.8 Å². The van der Waals surface area contributed by atoms with Crippen molar-refractivity contribution in [2.45, 2.75) is 52.0 Å². The van der Waals surface area contributed by atoms with Gasteiger partial charge >= 0.3 is 12.0 Å². The number of carbonyl (C=O) groups excluding carboxylic acids is 3. The number of carboxylic acids is 1. The number of aromatic carboxylic acids is 1. The molecule has 4 rings (SSSR count). The molecule has 1 aliphatic heterocycles. The van der Waals surface area contributed by atoms with E-state index in [1.165, 1.54) is 23.1 Å². The van der Waals surface area contributed by atoms with E-state index >= 15 is 0 Å². The van der Waals surface area contributed by atoms with E-state index in [2.05, 4.69) is 5.32 Å². The number of aromatic nitrogens is 1. The zero-order valence-electron chi connectivity index (χ0n) is 18.4. The molecule has 1 saturated carbocycles. The predicted octanol–water partition coefficient (Wildman–Crippen LogP) is 4.24. The lowest BCUT2D eigenvalue weighted by atomic mass is 9.93. The van der Waals surface area contributed by atoms with Gasteiger partial charge in [0.05, 0.1) is 10.6 Å². The monoisotopic (exact) mass is 469 g/mol. The number of urea groups is 1. The highest BCUT2D eigenvalue weighted by atomic mass is 35.5. The van der Waals surface area contributed by atoms with Crippen molar-refractivity contribution in [1.82, 2.24) is 14.8 Å². The average Bonchev–Trinajstić information content (AvgIpc) is 3.05. The van der Waals surface area contributed by atoms with E-state index in [4.69, 9.17) is 11.6 Å². The second kappa shape index (κ2) is 8.86. The summed E-state index contributed by atoms with van der Waals surface area (Å²) in [5.41, 5.74) is 2.58. The van der Waals surface area contributed by atoms with Crippen molar-refractivity contribution in [2.24, 2.45) is 0 Å². The molecule has 4 amide bonds. The molecule has 1 aromatic heterocycles. The second-order valence-corrected chi connectivity index (χ2v) is 8.82. The summed E-state index contributed by atoms with van der Waals surface area (Å²) in [7, 11) is 0. The van der Waals surface area contributed by atoms with Gasteiger partial charge in [-0.3, -0.25) is 19.8 Å². The molecule has 0 bridgehead atoms. The summed E-state index contributed by atoms with van der Waals surface area (Å²) in [6.07, 6.45) is 5.91. The average molecular weight is 470 g/mol. The summed E-state index contributed by atoms with van der Waals surface area (Å²) < 4.78 is 1.82. The maximum atomic E-state index is 13.2. The quantitative estimate of drug-likeness (QED) is 0.514. The Morgan fingerprint density at radius 3 is 2.48 bits per heavy atom. The van der Waals surface area contributed by atoms with Gasteiger partial charge in [-0.15, -0.1) is 0 Å². The van der Waals surface area contributed by atoms with E-state index in [9.17, 15) is 24.3 Å². The van der Waals surface area contributed by atoms with E-state index in [1.807, 2.05) is 18.4 Å². The zero-order chi connectivity index (χ0) is 23.9. The molecule has 1 aliphatic carbocycles. The molecule has 8 nitrogen and oxygen atoms in total. The fraction of sp³-hybridized carbons (Fsp3) is 0.333. The van der Waals surface area contributed by atoms with Crippen LogP contribution in [-0.2, 0) is 9.59 Å². The first-order chi connectivity index (χ1) is 15.7. The van der Waals surface area contributed by atoms with Gasteiger partial charge < -0.3 is 9.67 Å². The first-order valence-electron chi connectivity index (χ1n) is 10.8. The van der Waals surface area contributed by atoms with Crippen molar-refractivity contribution in [3.8, 4) is 5.69 Å². The minimum atomic E-state index is -1.14. The van der Waals surface area contributed by atoms with Crippen LogP contribution in [0.15, 0.2) is 29.8 Å². The number of imide groups is 2. The van der Waals surface area contributed by atoms with Gasteiger partial charge in [0.15, 0.2) is 0 Å². The minimum Gasteiger partial charge on any atom is -0.478 e. The fourth-order valence-corrected chi connectivity index (χ4v) is 4.84. The van der Waals surface area contributed by atoms with Gasteiger partial charge in [0.2, 0.25) is 0 Å². The third-order valence-corrected chi connectivity index (χ3v) is 6.61. The van der Waals surface area contributed by atoms with Crippen LogP contribution in [0.1, 0.15) is 59.4 Å². The van der Waals surface area contributed by atoms with Crippen molar-refractivity contribution in [1.29, 1.82) is 0 Å². The van der Waals surface area contributed by atoms with Crippen molar-refractivity contribution in [2.75, 3.05) is 0 Å². The molecule has 0 radical (unpaired) electrons. The van der Waals surface area contributed by atoms with Gasteiger partial charge in [-0.25, -0.2) is 9.59 Å². The highest BCUT2D eigenvalue weighted by molar-refractivity contribution is 6.33. The maximum Gasteiger partial charge on any atom is 0.337 e. The number of rotatable bonds is 4. The summed E-state index contributed by atoms with van der Waals surface area (Å²) in [6, 6.07) is 5.63. The summed E-state index contributed by atoms with van der Waals surface area (Å²) in [4.78, 5) is 50.8. The number of barbiturate groups is 1. The molecule has 2 N–H and O–H groups in total. The molecule has 2 fully saturated rings. The third-order valence-electron chi connectivity index (χ3n) is 6.28. The second-order valence-electron chi connectivity index (χ2n) is 8.42. The fourth-order valence-electron chi connectivity index (χ4n) is 4.64. The normalized spacial score (nSPS) is 18.7. The van der Waals surface area contributed by atoms with E-state index in [1.54, 1.807) is 12.1 Å². The number of carbonyl (C=O) groups is 4. The number of nitrogens with one attached hydrogen (secondary N) is 1. The van der Waals surface area contributed by atoms with Gasteiger partial charge in [-0.1, -0.05) is 30.9 Å². The molecule has 0 spiro atoms. The first-order valence-corrected chi connectivity index (χ1v) is 11.2. The smallest absolute Gasteiger partial charge is 0.337 e. The Morgan fingerprint density at radius 1 is 1.12 bits per heavy atom. The number of carboxylic acid groups (broad SMARTS) is 1. The number of hydrogen-bond acceptors (Lipinski definition) is 4. The molecular formula is C24H24ClN3O5. The topological polar surface area (TPSA) is 109 Å². The predicted molar refractivity (Wildman–Crippen MR) is 122 cm³/mol. The van der Waals surface area contributed by atoms with Crippen molar-refractivity contribution in [3.05, 3.63) is 57.4 Å². The Labute approximate surface area is 195 Å². The van der Waals surface area contributed by atoms with E-state index < -0.39 is 23.8 Å². The SMILES string of the molecule is Cc1cc(C=C2C(=O)NC(=O)N(C3CCCCC3)C2=O)c(C)n1-c1ccc(Cl)c(C(=O)O)c1. The van der Waals surface area contributed by atoms with Crippen LogP contribution in [0.4, 0.5) is 4.79 Å². The van der Waals surface area contributed by atoms with E-state index in [0.29, 0.717) is 16.9 Å². The van der Waals surface area contributed by atoms with E-state index in [-0.39, 0.29) is 22.2 Å². The Bertz CT molecular complexity index is 1210. The number of nitrogens with zero attached hydrogens (tertiary/aromatic N) is 2. The van der Waals surface area contributed by atoms with Crippen LogP contribution in [0.5, 0.6) is 0 Å². The Hall–Kier alpha value is -3.39. The molecule has 2 aromatic rings. The Kier molecular flexibility index (Phi) is 6.12. The van der Waals surface area contributed by atoms with Crippen molar-refractivity contribution < 1.29 is 24.3 Å². The van der Waals surface area contributed by atoms with Crippen LogP contribution in [0, 0.1) is 13.8 Å². The number of aryl methyl sites for hydroxylation is 1. The molecule has 0 atom stereocenters. The van der Waals surface area contributed by atoms with Gasteiger partial charge in [0.25, 0.3) is 11.8 Å². The minimum absolute atomic E-state index is 0.0231. The molecule has 2 aliphatic rings. The van der Waals surface area contributed by atoms with Crippen LogP contribution >= 0.6 is 11.6 Å². The van der Waals surface area contributed by atoms with Gasteiger partial charge in [-0.2, -0.15) is 0 Å². The molecule has 33 heavy (non-hydrogen) atoms. The summed E-state index contributed by atoms with van der Waals surface area (Å²) in [5.74, 6) is -2.44. The Balaban J connectivity index is 1.73. The zero-order valence-corrected chi connectivity index (χ0v) is 19.1. The van der Waals surface area contributed by atoms with Gasteiger partial charge in [0.1, 0.15) is 5.57 Å². The summed E-state index contributed by atoms with van der Waals surface area (Å²) >= 11 is 6.00.